The summed E-state index contributed by atoms with van der Waals surface area (Å²) in [5.41, 5.74) is 3.62. The van der Waals surface area contributed by atoms with Crippen LogP contribution in [0.25, 0.3) is 0 Å². The second-order valence-corrected chi connectivity index (χ2v) is 14.8. The molecule has 1 aliphatic heterocycles. The minimum Gasteiger partial charge on any atom is -0.394 e. The molecule has 4 fully saturated rings. The van der Waals surface area contributed by atoms with Crippen LogP contribution in [0.15, 0.2) is 36.0 Å². The lowest BCUT2D eigenvalue weighted by Gasteiger charge is -2.58. The summed E-state index contributed by atoms with van der Waals surface area (Å²) < 4.78 is 11.9. The Morgan fingerprint density at radius 1 is 1.05 bits per heavy atom. The number of aliphatic hydroxyl groups excluding tert-OH is 4. The molecular weight excluding hydrogens is 516 g/mol. The van der Waals surface area contributed by atoms with Crippen molar-refractivity contribution in [3.05, 3.63) is 36.0 Å². The topological polar surface area (TPSA) is 99.4 Å². The number of allylic oxidation sites excluding steroid dienone is 5. The van der Waals surface area contributed by atoms with E-state index >= 15 is 0 Å². The molecule has 232 valence electrons. The third-order valence-corrected chi connectivity index (χ3v) is 12.6. The molecule has 0 aromatic heterocycles. The van der Waals surface area contributed by atoms with Crippen LogP contribution in [-0.2, 0) is 9.47 Å². The van der Waals surface area contributed by atoms with Gasteiger partial charge in [0.1, 0.15) is 24.4 Å². The Labute approximate surface area is 247 Å². The highest BCUT2D eigenvalue weighted by Crippen LogP contribution is 2.67. The number of fused-ring (bicyclic) bond motifs is 5. The molecule has 6 heteroatoms. The summed E-state index contributed by atoms with van der Waals surface area (Å²) in [6.45, 7) is 15.7. The highest BCUT2D eigenvalue weighted by molar-refractivity contribution is 5.28. The van der Waals surface area contributed by atoms with Crippen LogP contribution in [0, 0.1) is 46.3 Å². The second kappa shape index (κ2) is 12.2. The minimum atomic E-state index is -1.40. The number of hydrogen-bond acceptors (Lipinski definition) is 6. The average molecular weight is 573 g/mol. The SMILES string of the molecule is C=C(C)C(C=CC(C)C1CCC2C3=CCC4CC(OC5OC(CO)C(O)C(O)C5O)CCC4(C)C3CCC21C)CC. The molecule has 4 aliphatic carbocycles. The van der Waals surface area contributed by atoms with Gasteiger partial charge in [-0.2, -0.15) is 0 Å². The summed E-state index contributed by atoms with van der Waals surface area (Å²) in [7, 11) is 0. The van der Waals surface area contributed by atoms with Crippen LogP contribution in [0.2, 0.25) is 0 Å². The molecule has 0 spiro atoms. The zero-order chi connectivity index (χ0) is 29.7. The van der Waals surface area contributed by atoms with Crippen molar-refractivity contribution in [1.82, 2.24) is 0 Å². The Morgan fingerprint density at radius 2 is 1.76 bits per heavy atom. The fraction of sp³-hybridized carbons (Fsp3) is 0.829. The highest BCUT2D eigenvalue weighted by atomic mass is 16.7. The molecular formula is C35H56O6. The van der Waals surface area contributed by atoms with Gasteiger partial charge in [0, 0.05) is 0 Å². The fourth-order valence-electron chi connectivity index (χ4n) is 9.96. The molecule has 1 heterocycles. The van der Waals surface area contributed by atoms with E-state index in [-0.39, 0.29) is 11.5 Å². The van der Waals surface area contributed by atoms with Gasteiger partial charge < -0.3 is 29.9 Å². The van der Waals surface area contributed by atoms with Crippen LogP contribution in [0.3, 0.4) is 0 Å². The Kier molecular flexibility index (Phi) is 9.32. The highest BCUT2D eigenvalue weighted by Gasteiger charge is 2.58. The lowest BCUT2D eigenvalue weighted by molar-refractivity contribution is -0.315. The van der Waals surface area contributed by atoms with Crippen molar-refractivity contribution in [2.75, 3.05) is 6.61 Å². The summed E-state index contributed by atoms with van der Waals surface area (Å²) in [4.78, 5) is 0. The predicted molar refractivity (Wildman–Crippen MR) is 161 cm³/mol. The monoisotopic (exact) mass is 572 g/mol. The van der Waals surface area contributed by atoms with Crippen LogP contribution in [0.5, 0.6) is 0 Å². The lowest BCUT2D eigenvalue weighted by Crippen LogP contribution is -2.60. The van der Waals surface area contributed by atoms with Crippen molar-refractivity contribution < 1.29 is 29.9 Å². The Balaban J connectivity index is 1.26. The summed E-state index contributed by atoms with van der Waals surface area (Å²) in [6.07, 6.45) is 11.6. The van der Waals surface area contributed by atoms with Crippen LogP contribution >= 0.6 is 0 Å². The molecule has 14 unspecified atom stereocenters. The lowest BCUT2D eigenvalue weighted by atomic mass is 9.47. The molecule has 0 radical (unpaired) electrons. The van der Waals surface area contributed by atoms with Crippen molar-refractivity contribution in [1.29, 1.82) is 0 Å². The first-order valence-electron chi connectivity index (χ1n) is 16.4. The molecule has 41 heavy (non-hydrogen) atoms. The summed E-state index contributed by atoms with van der Waals surface area (Å²) in [5.74, 6) is 3.61. The van der Waals surface area contributed by atoms with Gasteiger partial charge in [0.2, 0.25) is 0 Å². The molecule has 0 amide bonds. The van der Waals surface area contributed by atoms with Crippen LogP contribution in [0.4, 0.5) is 0 Å². The van der Waals surface area contributed by atoms with E-state index in [1.54, 1.807) is 5.57 Å². The van der Waals surface area contributed by atoms with E-state index in [4.69, 9.17) is 9.47 Å². The largest absolute Gasteiger partial charge is 0.394 e. The van der Waals surface area contributed by atoms with Crippen molar-refractivity contribution in [2.45, 2.75) is 129 Å². The molecule has 1 saturated heterocycles. The van der Waals surface area contributed by atoms with E-state index < -0.39 is 37.3 Å². The quantitative estimate of drug-likeness (QED) is 0.285. The first-order chi connectivity index (χ1) is 19.4. The Hall–Kier alpha value is -1.02. The van der Waals surface area contributed by atoms with E-state index in [0.29, 0.717) is 35.0 Å². The summed E-state index contributed by atoms with van der Waals surface area (Å²) >= 11 is 0. The van der Waals surface area contributed by atoms with E-state index in [1.165, 1.54) is 31.3 Å². The molecule has 5 aliphatic rings. The molecule has 5 rings (SSSR count). The first kappa shape index (κ1) is 31.4. The van der Waals surface area contributed by atoms with E-state index in [1.807, 2.05) is 0 Å². The molecule has 0 aromatic rings. The maximum atomic E-state index is 10.5. The predicted octanol–water partition coefficient (Wildman–Crippen LogP) is 5.55. The minimum absolute atomic E-state index is 0.0760. The molecule has 0 bridgehead atoms. The van der Waals surface area contributed by atoms with Gasteiger partial charge in [-0.15, -0.1) is 0 Å². The second-order valence-electron chi connectivity index (χ2n) is 14.8. The fourth-order valence-corrected chi connectivity index (χ4v) is 9.96. The van der Waals surface area contributed by atoms with Gasteiger partial charge >= 0.3 is 0 Å². The Bertz CT molecular complexity index is 1000. The molecule has 3 saturated carbocycles. The van der Waals surface area contributed by atoms with Gasteiger partial charge in [-0.1, -0.05) is 63.6 Å². The molecule has 4 N–H and O–H groups in total. The van der Waals surface area contributed by atoms with Crippen LogP contribution < -0.4 is 0 Å². The summed E-state index contributed by atoms with van der Waals surface area (Å²) in [5, 5.41) is 40.4. The molecule has 14 atom stereocenters. The van der Waals surface area contributed by atoms with Crippen molar-refractivity contribution in [2.24, 2.45) is 46.3 Å². The van der Waals surface area contributed by atoms with Gasteiger partial charge in [0.05, 0.1) is 12.7 Å². The van der Waals surface area contributed by atoms with Gasteiger partial charge in [-0.05, 0) is 111 Å². The van der Waals surface area contributed by atoms with Gasteiger partial charge in [-0.3, -0.25) is 0 Å². The van der Waals surface area contributed by atoms with Gasteiger partial charge in [-0.25, -0.2) is 0 Å². The van der Waals surface area contributed by atoms with Crippen LogP contribution in [0.1, 0.15) is 92.4 Å². The summed E-state index contributed by atoms with van der Waals surface area (Å²) in [6, 6.07) is 0. The van der Waals surface area contributed by atoms with Crippen molar-refractivity contribution in [3.8, 4) is 0 Å². The third-order valence-electron chi connectivity index (χ3n) is 12.6. The zero-order valence-electron chi connectivity index (χ0n) is 26.0. The Morgan fingerprint density at radius 3 is 2.44 bits per heavy atom. The maximum Gasteiger partial charge on any atom is 0.186 e. The van der Waals surface area contributed by atoms with Crippen LogP contribution in [-0.4, -0.2) is 63.8 Å². The molecule has 6 nitrogen and oxygen atoms in total. The zero-order valence-corrected chi connectivity index (χ0v) is 26.0. The normalized spacial score (nSPS) is 47.7. The van der Waals surface area contributed by atoms with Crippen molar-refractivity contribution in [3.63, 3.8) is 0 Å². The third kappa shape index (κ3) is 5.55. The standard InChI is InChI=1S/C35H56O6/c1-7-22(20(2)3)9-8-21(4)26-12-13-27-25-11-10-23-18-24(14-16-34(23,5)28(25)15-17-35(26,27)6)40-33-32(39)31(38)30(37)29(19-36)41-33/h8-9,11,21-24,26-33,36-39H,2,7,10,12-19H2,1,3-6H3. The van der Waals surface area contributed by atoms with Gasteiger partial charge in [0.15, 0.2) is 6.29 Å². The van der Waals surface area contributed by atoms with E-state index in [2.05, 4.69) is 59.4 Å². The van der Waals surface area contributed by atoms with Gasteiger partial charge in [0.25, 0.3) is 0 Å². The van der Waals surface area contributed by atoms with Crippen molar-refractivity contribution >= 4 is 0 Å². The molecule has 0 aromatic carbocycles. The number of aliphatic hydroxyl groups is 4. The first-order valence-corrected chi connectivity index (χ1v) is 16.4. The van der Waals surface area contributed by atoms with E-state index in [9.17, 15) is 20.4 Å². The maximum absolute atomic E-state index is 10.5. The number of rotatable bonds is 8. The smallest absolute Gasteiger partial charge is 0.186 e. The number of hydrogen-bond donors (Lipinski definition) is 4. The average Bonchev–Trinajstić information content (AvgIpc) is 3.30. The number of ether oxygens (including phenoxy) is 2. The van der Waals surface area contributed by atoms with E-state index in [0.717, 1.165) is 38.0 Å².